The zero-order chi connectivity index (χ0) is 11.5. The summed E-state index contributed by atoms with van der Waals surface area (Å²) in [6, 6.07) is 0. The standard InChI is InChI=1S/C13H25NO/c1-13(2,14(3)4)12(15)11-9-7-5-6-8-10-11/h11H,5-10H2,1-4H3. The van der Waals surface area contributed by atoms with Gasteiger partial charge < -0.3 is 0 Å². The van der Waals surface area contributed by atoms with Crippen LogP contribution in [0.1, 0.15) is 52.4 Å². The summed E-state index contributed by atoms with van der Waals surface area (Å²) in [5, 5.41) is 0. The first kappa shape index (κ1) is 12.7. The van der Waals surface area contributed by atoms with Crippen molar-refractivity contribution in [3.63, 3.8) is 0 Å². The smallest absolute Gasteiger partial charge is 0.155 e. The summed E-state index contributed by atoms with van der Waals surface area (Å²) in [4.78, 5) is 14.4. The molecule has 0 spiro atoms. The number of likely N-dealkylation sites (N-methyl/N-ethyl adjacent to an activating group) is 1. The largest absolute Gasteiger partial charge is 0.298 e. The van der Waals surface area contributed by atoms with Crippen LogP contribution in [-0.2, 0) is 4.79 Å². The molecule has 0 bridgehead atoms. The molecule has 1 fully saturated rings. The van der Waals surface area contributed by atoms with Gasteiger partial charge in [0.25, 0.3) is 0 Å². The molecule has 1 aliphatic rings. The van der Waals surface area contributed by atoms with Crippen LogP contribution in [0.5, 0.6) is 0 Å². The van der Waals surface area contributed by atoms with Crippen LogP contribution in [-0.4, -0.2) is 30.3 Å². The fourth-order valence-corrected chi connectivity index (χ4v) is 2.26. The van der Waals surface area contributed by atoms with E-state index in [9.17, 15) is 4.79 Å². The molecule has 0 atom stereocenters. The number of nitrogens with zero attached hydrogens (tertiary/aromatic N) is 1. The molecule has 15 heavy (non-hydrogen) atoms. The number of hydrogen-bond donors (Lipinski definition) is 0. The van der Waals surface area contributed by atoms with Gasteiger partial charge in [-0.3, -0.25) is 9.69 Å². The van der Waals surface area contributed by atoms with E-state index < -0.39 is 0 Å². The molecule has 0 aliphatic heterocycles. The van der Waals surface area contributed by atoms with Crippen molar-refractivity contribution in [1.29, 1.82) is 0 Å². The Balaban J connectivity index is 2.65. The summed E-state index contributed by atoms with van der Waals surface area (Å²) in [5.41, 5.74) is -0.297. The summed E-state index contributed by atoms with van der Waals surface area (Å²) in [5.74, 6) is 0.749. The Morgan fingerprint density at radius 1 is 1.07 bits per heavy atom. The van der Waals surface area contributed by atoms with E-state index in [0.717, 1.165) is 12.8 Å². The van der Waals surface area contributed by atoms with Crippen molar-refractivity contribution < 1.29 is 4.79 Å². The molecule has 0 radical (unpaired) electrons. The van der Waals surface area contributed by atoms with Crippen LogP contribution in [0.4, 0.5) is 0 Å². The normalized spacial score (nSPS) is 20.3. The van der Waals surface area contributed by atoms with E-state index >= 15 is 0 Å². The van der Waals surface area contributed by atoms with Gasteiger partial charge in [-0.2, -0.15) is 0 Å². The van der Waals surface area contributed by atoms with Gasteiger partial charge in [-0.1, -0.05) is 25.7 Å². The van der Waals surface area contributed by atoms with Crippen LogP contribution < -0.4 is 0 Å². The van der Waals surface area contributed by atoms with E-state index in [1.807, 2.05) is 32.8 Å². The molecule has 2 nitrogen and oxygen atoms in total. The SMILES string of the molecule is CN(C)C(C)(C)C(=O)C1CCCCCC1. The molecule has 0 aromatic heterocycles. The highest BCUT2D eigenvalue weighted by molar-refractivity contribution is 5.89. The van der Waals surface area contributed by atoms with Crippen molar-refractivity contribution in [2.75, 3.05) is 14.1 Å². The third-order valence-corrected chi connectivity index (χ3v) is 3.95. The van der Waals surface area contributed by atoms with Gasteiger partial charge in [0.1, 0.15) is 0 Å². The Bertz CT molecular complexity index is 213. The molecule has 0 heterocycles. The molecule has 1 saturated carbocycles. The van der Waals surface area contributed by atoms with Gasteiger partial charge in [-0.15, -0.1) is 0 Å². The van der Waals surface area contributed by atoms with Gasteiger partial charge in [-0.25, -0.2) is 0 Å². The first-order valence-electron chi connectivity index (χ1n) is 6.18. The van der Waals surface area contributed by atoms with Crippen LogP contribution in [0.2, 0.25) is 0 Å². The van der Waals surface area contributed by atoms with Gasteiger partial charge >= 0.3 is 0 Å². The number of Topliss-reactive ketones (excluding diaryl/α,β-unsaturated/α-hetero) is 1. The molecule has 0 unspecified atom stereocenters. The number of rotatable bonds is 3. The van der Waals surface area contributed by atoms with Crippen LogP contribution in [0.3, 0.4) is 0 Å². The second-order valence-electron chi connectivity index (χ2n) is 5.51. The van der Waals surface area contributed by atoms with Gasteiger partial charge in [0.2, 0.25) is 0 Å². The fourth-order valence-electron chi connectivity index (χ4n) is 2.26. The zero-order valence-corrected chi connectivity index (χ0v) is 10.7. The second kappa shape index (κ2) is 5.11. The molecule has 88 valence electrons. The Morgan fingerprint density at radius 2 is 1.53 bits per heavy atom. The van der Waals surface area contributed by atoms with Crippen molar-refractivity contribution in [3.8, 4) is 0 Å². The van der Waals surface area contributed by atoms with Crippen LogP contribution in [0.25, 0.3) is 0 Å². The van der Waals surface area contributed by atoms with Gasteiger partial charge in [-0.05, 0) is 40.8 Å². The maximum Gasteiger partial charge on any atom is 0.155 e. The van der Waals surface area contributed by atoms with E-state index in [1.165, 1.54) is 25.7 Å². The van der Waals surface area contributed by atoms with E-state index in [4.69, 9.17) is 0 Å². The van der Waals surface area contributed by atoms with Crippen molar-refractivity contribution >= 4 is 5.78 Å². The van der Waals surface area contributed by atoms with Crippen LogP contribution in [0, 0.1) is 5.92 Å². The highest BCUT2D eigenvalue weighted by Crippen LogP contribution is 2.28. The first-order valence-corrected chi connectivity index (χ1v) is 6.18. The van der Waals surface area contributed by atoms with Crippen LogP contribution in [0.15, 0.2) is 0 Å². The Labute approximate surface area is 94.0 Å². The molecule has 0 saturated heterocycles. The average Bonchev–Trinajstić information content (AvgIpc) is 2.44. The molecular formula is C13H25NO. The van der Waals surface area contributed by atoms with Gasteiger partial charge in [0.05, 0.1) is 5.54 Å². The van der Waals surface area contributed by atoms with Crippen LogP contribution >= 0.6 is 0 Å². The summed E-state index contributed by atoms with van der Waals surface area (Å²) < 4.78 is 0. The quantitative estimate of drug-likeness (QED) is 0.669. The van der Waals surface area contributed by atoms with Gasteiger partial charge in [0.15, 0.2) is 5.78 Å². The van der Waals surface area contributed by atoms with E-state index in [-0.39, 0.29) is 5.54 Å². The summed E-state index contributed by atoms with van der Waals surface area (Å²) in [6.45, 7) is 4.08. The summed E-state index contributed by atoms with van der Waals surface area (Å²) in [7, 11) is 3.99. The second-order valence-corrected chi connectivity index (χ2v) is 5.51. The molecule has 1 rings (SSSR count). The molecule has 0 amide bonds. The third-order valence-electron chi connectivity index (χ3n) is 3.95. The first-order chi connectivity index (χ1) is 6.96. The van der Waals surface area contributed by atoms with E-state index in [1.54, 1.807) is 0 Å². The monoisotopic (exact) mass is 211 g/mol. The maximum absolute atomic E-state index is 12.4. The highest BCUT2D eigenvalue weighted by Gasteiger charge is 2.35. The van der Waals surface area contributed by atoms with E-state index in [0.29, 0.717) is 11.7 Å². The third kappa shape index (κ3) is 3.04. The molecule has 1 aliphatic carbocycles. The maximum atomic E-state index is 12.4. The van der Waals surface area contributed by atoms with Gasteiger partial charge in [0, 0.05) is 5.92 Å². The Kier molecular flexibility index (Phi) is 4.32. The molecular weight excluding hydrogens is 186 g/mol. The lowest BCUT2D eigenvalue weighted by Gasteiger charge is -2.34. The Hall–Kier alpha value is -0.370. The zero-order valence-electron chi connectivity index (χ0n) is 10.7. The lowest BCUT2D eigenvalue weighted by molar-refractivity contribution is -0.132. The molecule has 0 aromatic rings. The molecule has 0 aromatic carbocycles. The predicted octanol–water partition coefficient (Wildman–Crippen LogP) is 2.87. The lowest BCUT2D eigenvalue weighted by Crippen LogP contribution is -2.48. The number of carbonyl (C=O) groups is 1. The molecule has 2 heteroatoms. The average molecular weight is 211 g/mol. The van der Waals surface area contributed by atoms with Crippen molar-refractivity contribution in [3.05, 3.63) is 0 Å². The number of ketones is 1. The number of hydrogen-bond acceptors (Lipinski definition) is 2. The Morgan fingerprint density at radius 3 is 1.93 bits per heavy atom. The topological polar surface area (TPSA) is 20.3 Å². The summed E-state index contributed by atoms with van der Waals surface area (Å²) in [6.07, 6.45) is 7.31. The fraction of sp³-hybridized carbons (Fsp3) is 0.923. The lowest BCUT2D eigenvalue weighted by atomic mass is 9.84. The van der Waals surface area contributed by atoms with Crippen molar-refractivity contribution in [1.82, 2.24) is 4.90 Å². The van der Waals surface area contributed by atoms with Crippen molar-refractivity contribution in [2.24, 2.45) is 5.92 Å². The minimum Gasteiger partial charge on any atom is -0.298 e. The minimum absolute atomic E-state index is 0.297. The highest BCUT2D eigenvalue weighted by atomic mass is 16.1. The number of carbonyl (C=O) groups excluding carboxylic acids is 1. The molecule has 0 N–H and O–H groups in total. The minimum atomic E-state index is -0.297. The summed E-state index contributed by atoms with van der Waals surface area (Å²) >= 11 is 0. The van der Waals surface area contributed by atoms with E-state index in [2.05, 4.69) is 0 Å². The predicted molar refractivity (Wildman–Crippen MR) is 64.0 cm³/mol. The van der Waals surface area contributed by atoms with Crippen molar-refractivity contribution in [2.45, 2.75) is 57.9 Å².